The molecule has 0 aliphatic heterocycles. The van der Waals surface area contributed by atoms with E-state index >= 15 is 0 Å². The third-order valence-corrected chi connectivity index (χ3v) is 10.5. The lowest BCUT2D eigenvalue weighted by molar-refractivity contribution is -0.120. The Bertz CT molecular complexity index is 2210. The summed E-state index contributed by atoms with van der Waals surface area (Å²) in [5.41, 5.74) is 8.13. The highest BCUT2D eigenvalue weighted by Crippen LogP contribution is 2.36. The average molecular weight is 742 g/mol. The van der Waals surface area contributed by atoms with Crippen LogP contribution in [0.15, 0.2) is 48.8 Å². The van der Waals surface area contributed by atoms with E-state index in [2.05, 4.69) is 82.5 Å². The molecule has 2 fully saturated rings. The lowest BCUT2D eigenvalue weighted by Gasteiger charge is -2.25. The summed E-state index contributed by atoms with van der Waals surface area (Å²) in [6.07, 6.45) is 9.27. The number of hydrogen-bond acceptors (Lipinski definition) is 10. The van der Waals surface area contributed by atoms with Crippen LogP contribution in [0.1, 0.15) is 85.7 Å². The molecule has 3 N–H and O–H groups in total. The van der Waals surface area contributed by atoms with Crippen molar-refractivity contribution in [3.63, 3.8) is 0 Å². The van der Waals surface area contributed by atoms with Gasteiger partial charge in [-0.1, -0.05) is 36.4 Å². The molecule has 0 bridgehead atoms. The Balaban J connectivity index is 0.000000162. The highest BCUT2D eigenvalue weighted by molar-refractivity contribution is 6.28. The molecule has 0 saturated heterocycles. The summed E-state index contributed by atoms with van der Waals surface area (Å²) in [7, 11) is 0. The van der Waals surface area contributed by atoms with Crippen LogP contribution in [0.25, 0.3) is 22.1 Å². The molecule has 0 atom stereocenters. The predicted octanol–water partition coefficient (Wildman–Crippen LogP) is 8.84. The van der Waals surface area contributed by atoms with Gasteiger partial charge in [0.25, 0.3) is 0 Å². The van der Waals surface area contributed by atoms with Crippen molar-refractivity contribution in [2.45, 2.75) is 97.2 Å². The first-order valence-corrected chi connectivity index (χ1v) is 18.5. The lowest BCUT2D eigenvalue weighted by Crippen LogP contribution is -2.22. The maximum absolute atomic E-state index is 11.6. The molecule has 2 saturated carbocycles. The van der Waals surface area contributed by atoms with E-state index in [1.165, 1.54) is 0 Å². The molecule has 0 unspecified atom stereocenters. The number of fused-ring (bicyclic) bond motifs is 2. The van der Waals surface area contributed by atoms with Crippen molar-refractivity contribution >= 4 is 74.1 Å². The summed E-state index contributed by atoms with van der Waals surface area (Å²) in [6.45, 7) is 8.28. The van der Waals surface area contributed by atoms with Gasteiger partial charge in [-0.3, -0.25) is 4.79 Å². The van der Waals surface area contributed by atoms with Gasteiger partial charge in [0.1, 0.15) is 5.78 Å². The Morgan fingerprint density at radius 2 is 1.06 bits per heavy atom. The van der Waals surface area contributed by atoms with Gasteiger partial charge in [0.05, 0.1) is 29.0 Å². The number of rotatable bonds is 6. The Morgan fingerprint density at radius 3 is 1.48 bits per heavy atom. The van der Waals surface area contributed by atoms with Crippen molar-refractivity contribution in [1.82, 2.24) is 39.5 Å². The Hall–Kier alpha value is -4.65. The number of ketones is 1. The number of anilines is 4. The molecule has 12 nitrogen and oxygen atoms in total. The monoisotopic (exact) mass is 740 g/mol. The van der Waals surface area contributed by atoms with Gasteiger partial charge in [0.15, 0.2) is 22.9 Å². The zero-order valence-electron chi connectivity index (χ0n) is 29.7. The predicted molar refractivity (Wildman–Crippen MR) is 205 cm³/mol. The van der Waals surface area contributed by atoms with E-state index in [0.717, 1.165) is 94.4 Å². The van der Waals surface area contributed by atoms with Gasteiger partial charge >= 0.3 is 0 Å². The number of nitrogens with one attached hydrogen (secondary N) is 2. The minimum absolute atomic E-state index is 0.148. The van der Waals surface area contributed by atoms with Crippen LogP contribution in [-0.4, -0.2) is 56.5 Å². The molecule has 52 heavy (non-hydrogen) atoms. The van der Waals surface area contributed by atoms with Crippen molar-refractivity contribution in [2.24, 2.45) is 0 Å². The van der Waals surface area contributed by atoms with Gasteiger partial charge in [-0.2, -0.15) is 20.2 Å². The number of nitrogens with zero attached hydrogens (tertiary/aromatic N) is 8. The van der Waals surface area contributed by atoms with Crippen LogP contribution in [0.4, 0.5) is 23.0 Å². The molecular weight excluding hydrogens is 699 g/mol. The van der Waals surface area contributed by atoms with Gasteiger partial charge < -0.3 is 15.7 Å². The van der Waals surface area contributed by atoms with Gasteiger partial charge in [-0.25, -0.2) is 19.3 Å². The first-order valence-electron chi connectivity index (χ1n) is 17.7. The molecule has 0 radical (unpaired) electrons. The molecule has 4 aromatic heterocycles. The molecule has 2 aromatic carbocycles. The van der Waals surface area contributed by atoms with Crippen molar-refractivity contribution in [3.05, 3.63) is 81.6 Å². The zero-order chi connectivity index (χ0) is 36.5. The number of aromatic nitrogens is 8. The van der Waals surface area contributed by atoms with E-state index in [1.807, 2.05) is 21.5 Å². The van der Waals surface area contributed by atoms with Gasteiger partial charge in [-0.05, 0) is 112 Å². The van der Waals surface area contributed by atoms with Crippen molar-refractivity contribution in [1.29, 1.82) is 0 Å². The molecule has 2 aliphatic carbocycles. The highest BCUT2D eigenvalue weighted by Gasteiger charge is 2.27. The largest absolute Gasteiger partial charge is 0.393 e. The second kappa shape index (κ2) is 15.1. The number of aliphatic hydroxyl groups is 1. The highest BCUT2D eigenvalue weighted by atomic mass is 35.5. The second-order valence-electron chi connectivity index (χ2n) is 13.9. The first kappa shape index (κ1) is 35.7. The van der Waals surface area contributed by atoms with Crippen LogP contribution in [0.2, 0.25) is 10.6 Å². The molecule has 270 valence electrons. The number of Topliss-reactive ketones (excluding diaryl/α,β-unsaturated/α-hetero) is 1. The summed E-state index contributed by atoms with van der Waals surface area (Å²) >= 11 is 12.1. The van der Waals surface area contributed by atoms with Crippen LogP contribution in [0, 0.1) is 27.7 Å². The number of carbonyl (C=O) groups is 1. The van der Waals surface area contributed by atoms with E-state index in [0.29, 0.717) is 30.1 Å². The van der Waals surface area contributed by atoms with Gasteiger partial charge in [0, 0.05) is 36.6 Å². The topological polar surface area (TPSA) is 149 Å². The SMILES string of the molecule is Cc1cccc(C)c1Nc1nn(C2CCC(=O)CC2)c2nc(Cl)ncc12.Cc1cccc(C)c1Nc1nn(C2CCC(O)CC2)c2nc(Cl)ncc12. The number of aryl methyl sites for hydroxylation is 4. The molecule has 4 heterocycles. The smallest absolute Gasteiger partial charge is 0.224 e. The molecule has 6 aromatic rings. The van der Waals surface area contributed by atoms with E-state index in [9.17, 15) is 9.90 Å². The quantitative estimate of drug-likeness (QED) is 0.141. The lowest BCUT2D eigenvalue weighted by atomic mass is 9.93. The van der Waals surface area contributed by atoms with E-state index in [-0.39, 0.29) is 28.8 Å². The summed E-state index contributed by atoms with van der Waals surface area (Å²) in [4.78, 5) is 28.7. The van der Waals surface area contributed by atoms with E-state index in [1.54, 1.807) is 12.4 Å². The van der Waals surface area contributed by atoms with Crippen LogP contribution < -0.4 is 10.6 Å². The number of para-hydroxylation sites is 2. The number of benzene rings is 2. The Kier molecular flexibility index (Phi) is 10.4. The van der Waals surface area contributed by atoms with Crippen LogP contribution in [-0.2, 0) is 4.79 Å². The molecular formula is C38H42Cl2N10O2. The maximum Gasteiger partial charge on any atom is 0.224 e. The summed E-state index contributed by atoms with van der Waals surface area (Å²) in [5.74, 6) is 1.77. The van der Waals surface area contributed by atoms with E-state index in [4.69, 9.17) is 33.4 Å². The van der Waals surface area contributed by atoms with Gasteiger partial charge in [-0.15, -0.1) is 0 Å². The van der Waals surface area contributed by atoms with Crippen molar-refractivity contribution < 1.29 is 9.90 Å². The van der Waals surface area contributed by atoms with Crippen LogP contribution >= 0.6 is 23.2 Å². The summed E-state index contributed by atoms with van der Waals surface area (Å²) in [6, 6.07) is 12.7. The third-order valence-electron chi connectivity index (χ3n) is 10.2. The molecule has 2 aliphatic rings. The van der Waals surface area contributed by atoms with Crippen LogP contribution in [0.3, 0.4) is 0 Å². The second-order valence-corrected chi connectivity index (χ2v) is 14.5. The molecule has 0 amide bonds. The Labute approximate surface area is 312 Å². The molecule has 14 heteroatoms. The van der Waals surface area contributed by atoms with E-state index < -0.39 is 0 Å². The summed E-state index contributed by atoms with van der Waals surface area (Å²) in [5, 5.41) is 28.4. The fourth-order valence-electron chi connectivity index (χ4n) is 7.23. The Morgan fingerprint density at radius 1 is 0.654 bits per heavy atom. The third kappa shape index (κ3) is 7.46. The normalized spacial score (nSPS) is 18.0. The standard InChI is InChI=1S/C19H22ClN5O.C19H20ClN5O/c2*1-11-4-3-5-12(2)16(11)22-17-15-10-21-19(20)23-18(15)25(24-17)13-6-8-14(26)9-7-13/h3-5,10,13-14,26H,6-9H2,1-2H3,(H,22,24);3-5,10,13H,6-9H2,1-2H3,(H,22,24). The number of halogens is 2. The number of hydrogen-bond donors (Lipinski definition) is 3. The van der Waals surface area contributed by atoms with Gasteiger partial charge in [0.2, 0.25) is 10.6 Å². The molecule has 0 spiro atoms. The fourth-order valence-corrected chi connectivity index (χ4v) is 7.49. The fraction of sp³-hybridized carbons (Fsp3) is 0.395. The average Bonchev–Trinajstić information content (AvgIpc) is 3.66. The number of carbonyl (C=O) groups excluding carboxylic acids is 1. The van der Waals surface area contributed by atoms with Crippen molar-refractivity contribution in [3.8, 4) is 0 Å². The maximum atomic E-state index is 11.6. The number of aliphatic hydroxyl groups excluding tert-OH is 1. The minimum atomic E-state index is -0.210. The zero-order valence-corrected chi connectivity index (χ0v) is 31.2. The summed E-state index contributed by atoms with van der Waals surface area (Å²) < 4.78 is 3.86. The van der Waals surface area contributed by atoms with Crippen molar-refractivity contribution in [2.75, 3.05) is 10.6 Å². The van der Waals surface area contributed by atoms with Crippen LogP contribution in [0.5, 0.6) is 0 Å². The first-order chi connectivity index (χ1) is 25.0. The molecule has 8 rings (SSSR count). The minimum Gasteiger partial charge on any atom is -0.393 e.